The number of amides is 3. The molecule has 4 aliphatic rings. The lowest BCUT2D eigenvalue weighted by Gasteiger charge is -2.39. The number of ether oxygens (including phenoxy) is 1. The lowest BCUT2D eigenvalue weighted by atomic mass is 9.87. The molecule has 8 heteroatoms. The van der Waals surface area contributed by atoms with E-state index in [4.69, 9.17) is 4.74 Å². The van der Waals surface area contributed by atoms with Crippen molar-refractivity contribution in [2.24, 2.45) is 0 Å². The second-order valence-corrected chi connectivity index (χ2v) is 10.4. The van der Waals surface area contributed by atoms with Crippen molar-refractivity contribution < 1.29 is 19.4 Å². The molecule has 4 aliphatic heterocycles. The Balaban J connectivity index is 1.11. The second kappa shape index (κ2) is 8.82. The van der Waals surface area contributed by atoms with E-state index in [2.05, 4.69) is 11.1 Å². The zero-order chi connectivity index (χ0) is 24.0. The molecule has 1 aromatic heterocycles. The number of carbonyl (C=O) groups is 2. The van der Waals surface area contributed by atoms with Crippen LogP contribution in [0.25, 0.3) is 11.3 Å². The average Bonchev–Trinajstić information content (AvgIpc) is 3.63. The number of aliphatic hydroxyl groups is 1. The number of pyridine rings is 1. The van der Waals surface area contributed by atoms with Crippen molar-refractivity contribution in [3.8, 4) is 17.0 Å². The van der Waals surface area contributed by atoms with Crippen molar-refractivity contribution in [1.29, 1.82) is 0 Å². The van der Waals surface area contributed by atoms with Crippen LogP contribution < -0.4 is 4.74 Å². The summed E-state index contributed by atoms with van der Waals surface area (Å²) in [4.78, 5) is 35.7. The van der Waals surface area contributed by atoms with Crippen molar-refractivity contribution in [1.82, 2.24) is 19.7 Å². The van der Waals surface area contributed by atoms with E-state index >= 15 is 0 Å². The summed E-state index contributed by atoms with van der Waals surface area (Å²) in [5.74, 6) is 0.798. The maximum absolute atomic E-state index is 12.7. The number of hydrogen-bond donors (Lipinski definition) is 1. The highest BCUT2D eigenvalue weighted by Crippen LogP contribution is 2.42. The van der Waals surface area contributed by atoms with Gasteiger partial charge in [0, 0.05) is 75.2 Å². The summed E-state index contributed by atoms with van der Waals surface area (Å²) in [5, 5.41) is 9.71. The van der Waals surface area contributed by atoms with Gasteiger partial charge in [-0.1, -0.05) is 12.1 Å². The minimum absolute atomic E-state index is 0.0418. The predicted octanol–water partition coefficient (Wildman–Crippen LogP) is 2.94. The lowest BCUT2D eigenvalue weighted by Crippen LogP contribution is -2.52. The number of piperidine rings is 1. The zero-order valence-electron chi connectivity index (χ0n) is 20.0. The van der Waals surface area contributed by atoms with Crippen LogP contribution in [0.15, 0.2) is 36.5 Å². The fourth-order valence-corrected chi connectivity index (χ4v) is 5.87. The third-order valence-corrected chi connectivity index (χ3v) is 7.99. The Labute approximate surface area is 205 Å². The van der Waals surface area contributed by atoms with Gasteiger partial charge >= 0.3 is 6.03 Å². The van der Waals surface area contributed by atoms with Crippen LogP contribution in [-0.4, -0.2) is 87.7 Å². The monoisotopic (exact) mass is 476 g/mol. The van der Waals surface area contributed by atoms with E-state index in [0.717, 1.165) is 80.9 Å². The number of nitrogens with zero attached hydrogens (tertiary/aromatic N) is 4. The fourth-order valence-electron chi connectivity index (χ4n) is 5.87. The molecule has 3 amide bonds. The molecule has 5 heterocycles. The summed E-state index contributed by atoms with van der Waals surface area (Å²) >= 11 is 0. The van der Waals surface area contributed by atoms with Gasteiger partial charge in [0.1, 0.15) is 11.4 Å². The Morgan fingerprint density at radius 2 is 1.69 bits per heavy atom. The molecule has 2 aromatic rings. The third-order valence-electron chi connectivity index (χ3n) is 7.99. The molecule has 8 nitrogen and oxygen atoms in total. The van der Waals surface area contributed by atoms with Crippen LogP contribution in [0.4, 0.5) is 4.79 Å². The maximum Gasteiger partial charge on any atom is 0.320 e. The highest BCUT2D eigenvalue weighted by atomic mass is 16.5. The average molecular weight is 477 g/mol. The highest BCUT2D eigenvalue weighted by Gasteiger charge is 2.43. The number of aliphatic hydroxyl groups excluding tert-OH is 1. The van der Waals surface area contributed by atoms with Gasteiger partial charge in [-0.15, -0.1) is 0 Å². The Hall–Kier alpha value is -3.13. The van der Waals surface area contributed by atoms with Crippen molar-refractivity contribution >= 4 is 11.9 Å². The highest BCUT2D eigenvalue weighted by molar-refractivity contribution is 5.94. The first kappa shape index (κ1) is 22.3. The van der Waals surface area contributed by atoms with Crippen LogP contribution in [-0.2, 0) is 6.42 Å². The third kappa shape index (κ3) is 4.24. The Kier molecular flexibility index (Phi) is 5.63. The molecule has 3 saturated heterocycles. The molecule has 6 rings (SSSR count). The van der Waals surface area contributed by atoms with E-state index in [1.807, 2.05) is 40.3 Å². The summed E-state index contributed by atoms with van der Waals surface area (Å²) in [6, 6.07) is 9.81. The number of carbonyl (C=O) groups excluding carboxylic acids is 2. The summed E-state index contributed by atoms with van der Waals surface area (Å²) < 4.78 is 6.41. The molecule has 0 unspecified atom stereocenters. The summed E-state index contributed by atoms with van der Waals surface area (Å²) in [7, 11) is 0. The summed E-state index contributed by atoms with van der Waals surface area (Å²) in [6.07, 6.45) is 6.74. The van der Waals surface area contributed by atoms with E-state index in [0.29, 0.717) is 25.1 Å². The molecule has 0 radical (unpaired) electrons. The first-order valence-corrected chi connectivity index (χ1v) is 12.8. The van der Waals surface area contributed by atoms with Crippen LogP contribution in [0.5, 0.6) is 5.75 Å². The summed E-state index contributed by atoms with van der Waals surface area (Å²) in [6.45, 7) is 4.22. The quantitative estimate of drug-likeness (QED) is 0.720. The van der Waals surface area contributed by atoms with Gasteiger partial charge in [-0.25, -0.2) is 4.79 Å². The topological polar surface area (TPSA) is 86.2 Å². The maximum atomic E-state index is 12.7. The number of likely N-dealkylation sites (tertiary alicyclic amines) is 3. The van der Waals surface area contributed by atoms with E-state index in [1.165, 1.54) is 0 Å². The van der Waals surface area contributed by atoms with Gasteiger partial charge in [0.25, 0.3) is 5.91 Å². The zero-order valence-corrected chi connectivity index (χ0v) is 20.0. The van der Waals surface area contributed by atoms with Gasteiger partial charge < -0.3 is 24.5 Å². The van der Waals surface area contributed by atoms with Crippen molar-refractivity contribution in [3.05, 3.63) is 47.7 Å². The molecular formula is C27H32N4O4. The molecule has 0 bridgehead atoms. The van der Waals surface area contributed by atoms with E-state index in [9.17, 15) is 14.7 Å². The van der Waals surface area contributed by atoms with Crippen LogP contribution in [0, 0.1) is 0 Å². The van der Waals surface area contributed by atoms with Crippen LogP contribution in [0.1, 0.15) is 48.0 Å². The van der Waals surface area contributed by atoms with Crippen molar-refractivity contribution in [3.63, 3.8) is 0 Å². The number of rotatable bonds is 2. The molecule has 1 spiro atoms. The molecule has 0 saturated carbocycles. The minimum atomic E-state index is -0.419. The van der Waals surface area contributed by atoms with Crippen molar-refractivity contribution in [2.75, 3.05) is 39.3 Å². The first-order chi connectivity index (χ1) is 17.0. The molecule has 184 valence electrons. The van der Waals surface area contributed by atoms with Gasteiger partial charge in [0.2, 0.25) is 0 Å². The predicted molar refractivity (Wildman–Crippen MR) is 130 cm³/mol. The van der Waals surface area contributed by atoms with E-state index < -0.39 is 6.10 Å². The van der Waals surface area contributed by atoms with Crippen molar-refractivity contribution in [2.45, 2.75) is 50.2 Å². The van der Waals surface area contributed by atoms with Crippen LogP contribution in [0.3, 0.4) is 0 Å². The van der Waals surface area contributed by atoms with Gasteiger partial charge in [0.15, 0.2) is 0 Å². The normalized spacial score (nSPS) is 23.0. The number of hydrogen-bond acceptors (Lipinski definition) is 5. The molecule has 1 aromatic carbocycles. The number of fused-ring (bicyclic) bond motifs is 1. The minimum Gasteiger partial charge on any atom is -0.485 e. The largest absolute Gasteiger partial charge is 0.485 e. The fraction of sp³-hybridized carbons (Fsp3) is 0.519. The van der Waals surface area contributed by atoms with Crippen LogP contribution in [0.2, 0.25) is 0 Å². The van der Waals surface area contributed by atoms with Gasteiger partial charge in [-0.2, -0.15) is 0 Å². The standard InChI is InChI=1S/C27H32N4O4/c32-22-7-12-31(18-22)25(33)20-5-3-19(4-6-20)23-15-21-16-27(35-24(21)17-28-23)8-13-30(14-9-27)26(34)29-10-1-2-11-29/h3-6,15,17,22,32H,1-2,7-14,16,18H2/t22-/m1/s1. The van der Waals surface area contributed by atoms with Gasteiger partial charge in [-0.05, 0) is 37.5 Å². The number of benzene rings is 1. The second-order valence-electron chi connectivity index (χ2n) is 10.4. The molecule has 1 N–H and O–H groups in total. The number of urea groups is 1. The molecular weight excluding hydrogens is 444 g/mol. The van der Waals surface area contributed by atoms with Gasteiger partial charge in [-0.3, -0.25) is 9.78 Å². The smallest absolute Gasteiger partial charge is 0.320 e. The molecule has 0 aliphatic carbocycles. The number of β-amino-alcohol motifs (C(OH)–C–C–N with tert-alkyl or cyclic N) is 1. The molecule has 1 atom stereocenters. The lowest BCUT2D eigenvalue weighted by molar-refractivity contribution is 0.0256. The summed E-state index contributed by atoms with van der Waals surface area (Å²) in [5.41, 5.74) is 3.35. The van der Waals surface area contributed by atoms with Crippen LogP contribution >= 0.6 is 0 Å². The molecule has 35 heavy (non-hydrogen) atoms. The Morgan fingerprint density at radius 1 is 0.971 bits per heavy atom. The first-order valence-electron chi connectivity index (χ1n) is 12.8. The van der Waals surface area contributed by atoms with Gasteiger partial charge in [0.05, 0.1) is 18.0 Å². The SMILES string of the molecule is O=C(c1ccc(-c2cc3c(cn2)OC2(CCN(C(=O)N4CCCC4)CC2)C3)cc1)N1CC[C@@H](O)C1. The Morgan fingerprint density at radius 3 is 2.37 bits per heavy atom. The molecule has 3 fully saturated rings. The Bertz CT molecular complexity index is 1120. The van der Waals surface area contributed by atoms with E-state index in [1.54, 1.807) is 4.90 Å². The van der Waals surface area contributed by atoms with E-state index in [-0.39, 0.29) is 17.5 Å². The number of aromatic nitrogens is 1.